The molecule has 0 fully saturated rings. The van der Waals surface area contributed by atoms with Gasteiger partial charge in [-0.1, -0.05) is 66.2 Å². The summed E-state index contributed by atoms with van der Waals surface area (Å²) in [5.41, 5.74) is 3.08. The number of carbonyl (C=O) groups is 2. The number of halogens is 1. The fraction of sp³-hybridized carbons (Fsp3) is 0.111. The topological polar surface area (TPSA) is 48.3 Å². The first-order chi connectivity index (χ1) is 15.6. The predicted molar refractivity (Wildman–Crippen MR) is 127 cm³/mol. The number of ketones is 2. The van der Waals surface area contributed by atoms with Gasteiger partial charge in [0.1, 0.15) is 5.75 Å². The normalized spacial score (nSPS) is 13.0. The van der Waals surface area contributed by atoms with Crippen molar-refractivity contribution in [3.05, 3.63) is 106 Å². The minimum absolute atomic E-state index is 0.212. The highest BCUT2D eigenvalue weighted by Crippen LogP contribution is 2.30. The number of rotatable bonds is 6. The summed E-state index contributed by atoms with van der Waals surface area (Å²) in [7, 11) is 0. The van der Waals surface area contributed by atoms with E-state index in [9.17, 15) is 9.59 Å². The second-order valence-electron chi connectivity index (χ2n) is 7.69. The molecular formula is C27H20ClNO3. The third-order valence-electron chi connectivity index (χ3n) is 5.66. The van der Waals surface area contributed by atoms with Crippen LogP contribution in [-0.2, 0) is 6.54 Å². The number of para-hydroxylation sites is 2. The van der Waals surface area contributed by atoms with E-state index < -0.39 is 0 Å². The minimum atomic E-state index is -0.212. The number of fused-ring (bicyclic) bond motifs is 2. The Balaban J connectivity index is 1.39. The van der Waals surface area contributed by atoms with E-state index in [4.69, 9.17) is 16.3 Å². The van der Waals surface area contributed by atoms with Crippen LogP contribution in [0.3, 0.4) is 0 Å². The van der Waals surface area contributed by atoms with Crippen LogP contribution in [-0.4, -0.2) is 22.7 Å². The molecule has 4 aromatic rings. The fourth-order valence-electron chi connectivity index (χ4n) is 4.11. The third-order valence-corrected chi connectivity index (χ3v) is 5.97. The van der Waals surface area contributed by atoms with Crippen molar-refractivity contribution < 1.29 is 14.3 Å². The van der Waals surface area contributed by atoms with Gasteiger partial charge in [-0.2, -0.15) is 0 Å². The average Bonchev–Trinajstić information content (AvgIpc) is 3.29. The maximum atomic E-state index is 12.8. The molecule has 0 amide bonds. The van der Waals surface area contributed by atoms with Gasteiger partial charge in [-0.15, -0.1) is 0 Å². The maximum Gasteiger partial charge on any atom is 0.197 e. The summed E-state index contributed by atoms with van der Waals surface area (Å²) in [6.45, 7) is 1.26. The largest absolute Gasteiger partial charge is 0.492 e. The fourth-order valence-corrected chi connectivity index (χ4v) is 4.30. The standard InChI is InChI=1S/C27H20ClNO3/c28-23-11-4-6-13-25(23)32-15-7-14-29-17-18(19-8-3-5-12-24(19)29)16-22-26(30)20-9-1-2-10-21(20)27(22)31/h1-6,8-13,16-17H,7,14-15H2. The molecule has 0 saturated carbocycles. The van der Waals surface area contributed by atoms with Crippen molar-refractivity contribution in [2.24, 2.45) is 0 Å². The minimum Gasteiger partial charge on any atom is -0.492 e. The Labute approximate surface area is 190 Å². The van der Waals surface area contributed by atoms with Crippen molar-refractivity contribution in [1.82, 2.24) is 4.57 Å². The van der Waals surface area contributed by atoms with Gasteiger partial charge in [-0.05, 0) is 30.7 Å². The molecule has 1 aromatic heterocycles. The summed E-state index contributed by atoms with van der Waals surface area (Å²) >= 11 is 6.15. The summed E-state index contributed by atoms with van der Waals surface area (Å²) in [4.78, 5) is 25.6. The first-order valence-corrected chi connectivity index (χ1v) is 10.9. The van der Waals surface area contributed by atoms with Crippen LogP contribution in [0.5, 0.6) is 5.75 Å². The van der Waals surface area contributed by atoms with Crippen molar-refractivity contribution >= 4 is 40.1 Å². The SMILES string of the molecule is O=C1C(=Cc2cn(CCCOc3ccccc3Cl)c3ccccc23)C(=O)c2ccccc21. The lowest BCUT2D eigenvalue weighted by Crippen LogP contribution is -2.04. The molecule has 0 N–H and O–H groups in total. The van der Waals surface area contributed by atoms with Gasteiger partial charge >= 0.3 is 0 Å². The molecule has 1 aliphatic rings. The lowest BCUT2D eigenvalue weighted by molar-refractivity contribution is 0.0990. The monoisotopic (exact) mass is 441 g/mol. The lowest BCUT2D eigenvalue weighted by Gasteiger charge is -2.09. The van der Waals surface area contributed by atoms with Gasteiger partial charge < -0.3 is 9.30 Å². The van der Waals surface area contributed by atoms with Gasteiger partial charge in [0.05, 0.1) is 17.2 Å². The molecule has 32 heavy (non-hydrogen) atoms. The molecule has 0 bridgehead atoms. The van der Waals surface area contributed by atoms with Crippen molar-refractivity contribution in [2.75, 3.05) is 6.61 Å². The number of hydrogen-bond acceptors (Lipinski definition) is 3. The molecule has 5 rings (SSSR count). The van der Waals surface area contributed by atoms with Crippen LogP contribution in [0.2, 0.25) is 5.02 Å². The van der Waals surface area contributed by atoms with Crippen LogP contribution < -0.4 is 4.74 Å². The zero-order valence-corrected chi connectivity index (χ0v) is 18.0. The molecule has 158 valence electrons. The highest BCUT2D eigenvalue weighted by atomic mass is 35.5. The number of aromatic nitrogens is 1. The Morgan fingerprint density at radius 1 is 0.844 bits per heavy atom. The van der Waals surface area contributed by atoms with Crippen LogP contribution in [0.1, 0.15) is 32.7 Å². The number of carbonyl (C=O) groups excluding carboxylic acids is 2. The van der Waals surface area contributed by atoms with Gasteiger partial charge in [0.2, 0.25) is 0 Å². The number of nitrogens with zero attached hydrogens (tertiary/aromatic N) is 1. The van der Waals surface area contributed by atoms with Crippen LogP contribution in [0.25, 0.3) is 17.0 Å². The zero-order chi connectivity index (χ0) is 22.1. The van der Waals surface area contributed by atoms with E-state index in [1.165, 1.54) is 0 Å². The van der Waals surface area contributed by atoms with Crippen molar-refractivity contribution in [3.8, 4) is 5.75 Å². The predicted octanol–water partition coefficient (Wildman–Crippen LogP) is 6.23. The molecule has 3 aromatic carbocycles. The number of benzene rings is 3. The summed E-state index contributed by atoms with van der Waals surface area (Å²) in [6, 6.07) is 22.4. The molecule has 0 unspecified atom stereocenters. The molecule has 0 saturated heterocycles. The third kappa shape index (κ3) is 3.63. The molecular weight excluding hydrogens is 422 g/mol. The average molecular weight is 442 g/mol. The van der Waals surface area contributed by atoms with Crippen LogP contribution in [0.4, 0.5) is 0 Å². The Morgan fingerprint density at radius 2 is 1.50 bits per heavy atom. The van der Waals surface area contributed by atoms with Crippen LogP contribution in [0, 0.1) is 0 Å². The highest BCUT2D eigenvalue weighted by Gasteiger charge is 2.32. The summed E-state index contributed by atoms with van der Waals surface area (Å²) < 4.78 is 7.94. The van der Waals surface area contributed by atoms with Crippen molar-refractivity contribution in [2.45, 2.75) is 13.0 Å². The number of Topliss-reactive ketones (excluding diaryl/α,β-unsaturated/α-hetero) is 2. The molecule has 0 atom stereocenters. The van der Waals surface area contributed by atoms with E-state index >= 15 is 0 Å². The highest BCUT2D eigenvalue weighted by molar-refractivity contribution is 6.41. The van der Waals surface area contributed by atoms with Crippen molar-refractivity contribution in [1.29, 1.82) is 0 Å². The Morgan fingerprint density at radius 3 is 2.25 bits per heavy atom. The molecule has 0 spiro atoms. The van der Waals surface area contributed by atoms with Gasteiger partial charge in [0, 0.05) is 40.3 Å². The van der Waals surface area contributed by atoms with Gasteiger partial charge in [0.15, 0.2) is 11.6 Å². The van der Waals surface area contributed by atoms with Crippen LogP contribution in [0.15, 0.2) is 84.6 Å². The maximum absolute atomic E-state index is 12.8. The summed E-state index contributed by atoms with van der Waals surface area (Å²) in [5, 5.41) is 1.60. The summed E-state index contributed by atoms with van der Waals surface area (Å²) in [5.74, 6) is 0.251. The summed E-state index contributed by atoms with van der Waals surface area (Å²) in [6.07, 6.45) is 4.50. The molecule has 1 aliphatic carbocycles. The van der Waals surface area contributed by atoms with Gasteiger partial charge in [-0.3, -0.25) is 9.59 Å². The first-order valence-electron chi connectivity index (χ1n) is 10.5. The molecule has 0 radical (unpaired) electrons. The number of ether oxygens (including phenoxy) is 1. The van der Waals surface area contributed by atoms with Gasteiger partial charge in [0.25, 0.3) is 0 Å². The number of hydrogen-bond donors (Lipinski definition) is 0. The Kier molecular flexibility index (Phi) is 5.38. The van der Waals surface area contributed by atoms with E-state index in [1.54, 1.807) is 36.4 Å². The first kappa shape index (κ1) is 20.3. The zero-order valence-electron chi connectivity index (χ0n) is 17.3. The Hall–Kier alpha value is -3.63. The number of aryl methyl sites for hydroxylation is 1. The van der Waals surface area contributed by atoms with E-state index in [0.717, 1.165) is 29.4 Å². The van der Waals surface area contributed by atoms with E-state index in [1.807, 2.05) is 48.7 Å². The van der Waals surface area contributed by atoms with E-state index in [2.05, 4.69) is 4.57 Å². The second-order valence-corrected chi connectivity index (χ2v) is 8.10. The van der Waals surface area contributed by atoms with Crippen LogP contribution >= 0.6 is 11.6 Å². The molecule has 0 aliphatic heterocycles. The van der Waals surface area contributed by atoms with Crippen molar-refractivity contribution in [3.63, 3.8) is 0 Å². The van der Waals surface area contributed by atoms with Gasteiger partial charge in [-0.25, -0.2) is 0 Å². The quantitative estimate of drug-likeness (QED) is 0.202. The second kappa shape index (κ2) is 8.48. The molecule has 5 heteroatoms. The molecule has 1 heterocycles. The number of allylic oxidation sites excluding steroid dienone is 1. The Bertz CT molecular complexity index is 1350. The lowest BCUT2D eigenvalue weighted by atomic mass is 10.1. The van der Waals surface area contributed by atoms with E-state index in [0.29, 0.717) is 28.5 Å². The smallest absolute Gasteiger partial charge is 0.197 e. The molecule has 4 nitrogen and oxygen atoms in total. The van der Waals surface area contributed by atoms with E-state index in [-0.39, 0.29) is 17.1 Å².